The van der Waals surface area contributed by atoms with E-state index in [-0.39, 0.29) is 11.5 Å². The highest BCUT2D eigenvalue weighted by molar-refractivity contribution is 6.31. The van der Waals surface area contributed by atoms with Gasteiger partial charge >= 0.3 is 0 Å². The van der Waals surface area contributed by atoms with Crippen molar-refractivity contribution in [1.29, 1.82) is 0 Å². The molecule has 0 aliphatic heterocycles. The second-order valence-corrected chi connectivity index (χ2v) is 6.86. The Labute approximate surface area is 157 Å². The van der Waals surface area contributed by atoms with E-state index < -0.39 is 0 Å². The van der Waals surface area contributed by atoms with Gasteiger partial charge in [-0.15, -0.1) is 0 Å². The molecule has 0 spiro atoms. The van der Waals surface area contributed by atoms with Crippen LogP contribution < -0.4 is 15.6 Å². The van der Waals surface area contributed by atoms with Gasteiger partial charge in [0.15, 0.2) is 0 Å². The van der Waals surface area contributed by atoms with Crippen LogP contribution in [-0.2, 0) is 6.54 Å². The van der Waals surface area contributed by atoms with Gasteiger partial charge in [0.05, 0.1) is 24.7 Å². The first-order chi connectivity index (χ1) is 12.6. The molecule has 6 nitrogen and oxygen atoms in total. The second-order valence-electron chi connectivity index (χ2n) is 6.43. The van der Waals surface area contributed by atoms with Crippen LogP contribution in [0.2, 0.25) is 5.02 Å². The number of benzene rings is 1. The van der Waals surface area contributed by atoms with Gasteiger partial charge in [0, 0.05) is 30.1 Å². The van der Waals surface area contributed by atoms with E-state index in [0.29, 0.717) is 35.3 Å². The highest BCUT2D eigenvalue weighted by atomic mass is 35.5. The Morgan fingerprint density at radius 3 is 2.81 bits per heavy atom. The molecule has 1 amide bonds. The standard InChI is InChI=1S/C19H22ClN3O3/c1-26-17-7-6-14(20)10-15(17)19(25)21-8-9-23-12-22-16(11-18(23)24)13-4-2-3-5-13/h6-7,10-13H,2-5,8-9H2,1H3,(H,21,25). The Morgan fingerprint density at radius 2 is 2.12 bits per heavy atom. The van der Waals surface area contributed by atoms with E-state index in [1.807, 2.05) is 0 Å². The molecule has 138 valence electrons. The molecule has 1 aliphatic carbocycles. The summed E-state index contributed by atoms with van der Waals surface area (Å²) in [6.45, 7) is 0.657. The van der Waals surface area contributed by atoms with Crippen molar-refractivity contribution >= 4 is 17.5 Å². The van der Waals surface area contributed by atoms with Gasteiger partial charge < -0.3 is 10.1 Å². The minimum Gasteiger partial charge on any atom is -0.496 e. The van der Waals surface area contributed by atoms with Crippen molar-refractivity contribution in [2.45, 2.75) is 38.1 Å². The molecule has 1 aliphatic rings. The van der Waals surface area contributed by atoms with Gasteiger partial charge in [-0.05, 0) is 31.0 Å². The Morgan fingerprint density at radius 1 is 1.35 bits per heavy atom. The van der Waals surface area contributed by atoms with Crippen LogP contribution in [-0.4, -0.2) is 29.1 Å². The maximum Gasteiger partial charge on any atom is 0.255 e. The number of amides is 1. The number of hydrogen-bond acceptors (Lipinski definition) is 4. The van der Waals surface area contributed by atoms with Gasteiger partial charge in [0.25, 0.3) is 11.5 Å². The number of halogens is 1. The van der Waals surface area contributed by atoms with Crippen molar-refractivity contribution in [1.82, 2.24) is 14.9 Å². The maximum atomic E-state index is 12.3. The zero-order valence-corrected chi connectivity index (χ0v) is 15.5. The summed E-state index contributed by atoms with van der Waals surface area (Å²) in [5.74, 6) is 0.562. The smallest absolute Gasteiger partial charge is 0.255 e. The molecule has 0 radical (unpaired) electrons. The molecule has 1 aromatic heterocycles. The lowest BCUT2D eigenvalue weighted by Gasteiger charge is -2.12. The maximum absolute atomic E-state index is 12.3. The van der Waals surface area contributed by atoms with Crippen LogP contribution in [0.3, 0.4) is 0 Å². The van der Waals surface area contributed by atoms with E-state index in [4.69, 9.17) is 16.3 Å². The minimum absolute atomic E-state index is 0.0866. The molecule has 0 saturated heterocycles. The summed E-state index contributed by atoms with van der Waals surface area (Å²) in [6, 6.07) is 6.49. The van der Waals surface area contributed by atoms with Crippen molar-refractivity contribution in [2.75, 3.05) is 13.7 Å². The molecule has 1 N–H and O–H groups in total. The first kappa shape index (κ1) is 18.5. The number of rotatable bonds is 6. The highest BCUT2D eigenvalue weighted by Crippen LogP contribution is 2.32. The molecule has 7 heteroatoms. The lowest BCUT2D eigenvalue weighted by atomic mass is 10.0. The molecule has 2 aromatic rings. The summed E-state index contributed by atoms with van der Waals surface area (Å²) in [5, 5.41) is 3.24. The van der Waals surface area contributed by atoms with Crippen LogP contribution in [0.15, 0.2) is 35.4 Å². The number of nitrogens with zero attached hydrogens (tertiary/aromatic N) is 2. The predicted molar refractivity (Wildman–Crippen MR) is 100 cm³/mol. The van der Waals surface area contributed by atoms with E-state index >= 15 is 0 Å². The Balaban J connectivity index is 1.60. The molecular formula is C19H22ClN3O3. The third kappa shape index (κ3) is 4.25. The number of carbonyl (C=O) groups excluding carboxylic acids is 1. The minimum atomic E-state index is -0.298. The molecule has 1 aromatic carbocycles. The van der Waals surface area contributed by atoms with Gasteiger partial charge in [-0.1, -0.05) is 24.4 Å². The number of ether oxygens (including phenoxy) is 1. The topological polar surface area (TPSA) is 73.2 Å². The summed E-state index contributed by atoms with van der Waals surface area (Å²) >= 11 is 5.95. The molecule has 1 saturated carbocycles. The Hall–Kier alpha value is -2.34. The quantitative estimate of drug-likeness (QED) is 0.842. The van der Waals surface area contributed by atoms with Crippen molar-refractivity contribution in [3.8, 4) is 5.75 Å². The van der Waals surface area contributed by atoms with Gasteiger partial charge in [0.2, 0.25) is 0 Å². The van der Waals surface area contributed by atoms with Crippen molar-refractivity contribution in [2.24, 2.45) is 0 Å². The first-order valence-corrected chi connectivity index (χ1v) is 9.14. The third-order valence-corrected chi connectivity index (χ3v) is 4.95. The number of aromatic nitrogens is 2. The van der Waals surface area contributed by atoms with E-state index in [1.165, 1.54) is 24.5 Å². The highest BCUT2D eigenvalue weighted by Gasteiger charge is 2.19. The van der Waals surface area contributed by atoms with Crippen molar-refractivity contribution < 1.29 is 9.53 Å². The number of hydrogen-bond donors (Lipinski definition) is 1. The monoisotopic (exact) mass is 375 g/mol. The number of methoxy groups -OCH3 is 1. The van der Waals surface area contributed by atoms with E-state index in [2.05, 4.69) is 10.3 Å². The van der Waals surface area contributed by atoms with Crippen LogP contribution in [0.25, 0.3) is 0 Å². The SMILES string of the molecule is COc1ccc(Cl)cc1C(=O)NCCn1cnc(C2CCCC2)cc1=O. The molecule has 3 rings (SSSR count). The van der Waals surface area contributed by atoms with E-state index in [1.54, 1.807) is 30.6 Å². The molecule has 0 bridgehead atoms. The summed E-state index contributed by atoms with van der Waals surface area (Å²) in [5.41, 5.74) is 1.16. The summed E-state index contributed by atoms with van der Waals surface area (Å²) in [6.07, 6.45) is 6.19. The van der Waals surface area contributed by atoms with Crippen LogP contribution in [0.1, 0.15) is 47.7 Å². The molecule has 1 fully saturated rings. The summed E-state index contributed by atoms with van der Waals surface area (Å²) in [7, 11) is 1.50. The van der Waals surface area contributed by atoms with Gasteiger partial charge in [0.1, 0.15) is 5.75 Å². The average molecular weight is 376 g/mol. The fourth-order valence-corrected chi connectivity index (χ4v) is 3.47. The fraction of sp³-hybridized carbons (Fsp3) is 0.421. The van der Waals surface area contributed by atoms with Crippen molar-refractivity contribution in [3.05, 3.63) is 57.2 Å². The number of carbonyl (C=O) groups is 1. The Bertz CT molecular complexity index is 844. The average Bonchev–Trinajstić information content (AvgIpc) is 3.17. The number of nitrogens with one attached hydrogen (secondary N) is 1. The predicted octanol–water partition coefficient (Wildman–Crippen LogP) is 2.99. The Kier molecular flexibility index (Phi) is 5.93. The van der Waals surface area contributed by atoms with Crippen LogP contribution in [0.5, 0.6) is 5.75 Å². The van der Waals surface area contributed by atoms with Crippen LogP contribution in [0, 0.1) is 0 Å². The van der Waals surface area contributed by atoms with Gasteiger partial charge in [-0.2, -0.15) is 0 Å². The normalized spacial score (nSPS) is 14.4. The van der Waals surface area contributed by atoms with E-state index in [0.717, 1.165) is 18.5 Å². The molecule has 26 heavy (non-hydrogen) atoms. The second kappa shape index (κ2) is 8.36. The van der Waals surface area contributed by atoms with Crippen LogP contribution in [0.4, 0.5) is 0 Å². The lowest BCUT2D eigenvalue weighted by molar-refractivity contribution is 0.0949. The van der Waals surface area contributed by atoms with Crippen molar-refractivity contribution in [3.63, 3.8) is 0 Å². The lowest BCUT2D eigenvalue weighted by Crippen LogP contribution is -2.31. The molecule has 1 heterocycles. The zero-order valence-electron chi connectivity index (χ0n) is 14.7. The van der Waals surface area contributed by atoms with E-state index in [9.17, 15) is 9.59 Å². The van der Waals surface area contributed by atoms with Crippen LogP contribution >= 0.6 is 11.6 Å². The molecule has 0 unspecified atom stereocenters. The summed E-state index contributed by atoms with van der Waals surface area (Å²) in [4.78, 5) is 29.0. The molecule has 0 atom stereocenters. The van der Waals surface area contributed by atoms with Gasteiger partial charge in [-0.3, -0.25) is 14.2 Å². The van der Waals surface area contributed by atoms with Gasteiger partial charge in [-0.25, -0.2) is 4.98 Å². The zero-order chi connectivity index (χ0) is 18.5. The molecular weight excluding hydrogens is 354 g/mol. The summed E-state index contributed by atoms with van der Waals surface area (Å²) < 4.78 is 6.69. The third-order valence-electron chi connectivity index (χ3n) is 4.72. The first-order valence-electron chi connectivity index (χ1n) is 8.76. The largest absolute Gasteiger partial charge is 0.496 e. The fourth-order valence-electron chi connectivity index (χ4n) is 3.30.